The van der Waals surface area contributed by atoms with Gasteiger partial charge in [-0.2, -0.15) is 0 Å². The molecule has 0 aliphatic heterocycles. The fourth-order valence-electron chi connectivity index (χ4n) is 3.18. The molecule has 0 spiro atoms. The number of hydrogen-bond donors (Lipinski definition) is 0. The molecule has 0 fully saturated rings. The van der Waals surface area contributed by atoms with Crippen molar-refractivity contribution < 1.29 is 4.52 Å². The van der Waals surface area contributed by atoms with Crippen LogP contribution in [0.15, 0.2) is 63.0 Å². The number of thioether (sulfide) groups is 1. The number of aryl methyl sites for hydroxylation is 3. The number of benzene rings is 2. The molecule has 6 heteroatoms. The van der Waals surface area contributed by atoms with Gasteiger partial charge in [0.15, 0.2) is 5.16 Å². The number of aromatic nitrogens is 3. The maximum absolute atomic E-state index is 13.3. The topological polar surface area (TPSA) is 60.9 Å². The summed E-state index contributed by atoms with van der Waals surface area (Å²) in [5, 5.41) is 5.18. The maximum atomic E-state index is 13.3. The van der Waals surface area contributed by atoms with Crippen LogP contribution >= 0.6 is 11.8 Å². The van der Waals surface area contributed by atoms with Crippen LogP contribution in [0.1, 0.15) is 22.6 Å². The highest BCUT2D eigenvalue weighted by Crippen LogP contribution is 2.27. The van der Waals surface area contributed by atoms with E-state index in [9.17, 15) is 4.79 Å². The van der Waals surface area contributed by atoms with Crippen molar-refractivity contribution in [2.75, 3.05) is 0 Å². The summed E-state index contributed by atoms with van der Waals surface area (Å²) in [5.41, 5.74) is 4.43. The van der Waals surface area contributed by atoms with Crippen molar-refractivity contribution in [2.45, 2.75) is 31.7 Å². The Morgan fingerprint density at radius 3 is 2.48 bits per heavy atom. The van der Waals surface area contributed by atoms with Gasteiger partial charge in [-0.3, -0.25) is 9.36 Å². The fourth-order valence-corrected chi connectivity index (χ4v) is 4.06. The molecule has 5 nitrogen and oxygen atoms in total. The Bertz CT molecular complexity index is 1170. The Hall–Kier alpha value is -2.86. The SMILES string of the molecule is Cc1cc(CSc2nc3ccccc3c(=O)n2-c2c(C)cccc2C)on1. The average Bonchev–Trinajstić information content (AvgIpc) is 3.07. The van der Waals surface area contributed by atoms with E-state index in [1.54, 1.807) is 4.57 Å². The van der Waals surface area contributed by atoms with Gasteiger partial charge in [-0.1, -0.05) is 47.3 Å². The summed E-state index contributed by atoms with van der Waals surface area (Å²) in [6.07, 6.45) is 0. The molecule has 0 aliphatic rings. The Balaban J connectivity index is 1.91. The molecule has 0 saturated carbocycles. The molecule has 0 bridgehead atoms. The van der Waals surface area contributed by atoms with E-state index >= 15 is 0 Å². The van der Waals surface area contributed by atoms with Gasteiger partial charge < -0.3 is 4.52 Å². The molecular weight excluding hydrogens is 358 g/mol. The molecule has 0 atom stereocenters. The van der Waals surface area contributed by atoms with Crippen LogP contribution in [0.5, 0.6) is 0 Å². The third-order valence-electron chi connectivity index (χ3n) is 4.43. The van der Waals surface area contributed by atoms with E-state index in [2.05, 4.69) is 5.16 Å². The normalized spacial score (nSPS) is 11.2. The van der Waals surface area contributed by atoms with Crippen LogP contribution in [0.25, 0.3) is 16.6 Å². The second-order valence-corrected chi connectivity index (χ2v) is 7.46. The molecule has 0 amide bonds. The smallest absolute Gasteiger partial charge is 0.266 e. The highest BCUT2D eigenvalue weighted by molar-refractivity contribution is 7.98. The van der Waals surface area contributed by atoms with E-state index in [0.717, 1.165) is 28.3 Å². The lowest BCUT2D eigenvalue weighted by Gasteiger charge is -2.17. The summed E-state index contributed by atoms with van der Waals surface area (Å²) in [5.74, 6) is 1.31. The first-order chi connectivity index (χ1) is 13.0. The number of hydrogen-bond acceptors (Lipinski definition) is 5. The zero-order valence-electron chi connectivity index (χ0n) is 15.4. The van der Waals surface area contributed by atoms with Crippen LogP contribution in [0.4, 0.5) is 0 Å². The predicted octanol–water partition coefficient (Wildman–Crippen LogP) is 4.59. The third-order valence-corrected chi connectivity index (χ3v) is 5.39. The highest BCUT2D eigenvalue weighted by Gasteiger charge is 2.17. The van der Waals surface area contributed by atoms with Crippen molar-refractivity contribution >= 4 is 22.7 Å². The molecular formula is C21H19N3O2S. The highest BCUT2D eigenvalue weighted by atomic mass is 32.2. The molecule has 0 saturated heterocycles. The van der Waals surface area contributed by atoms with E-state index < -0.39 is 0 Å². The van der Waals surface area contributed by atoms with Gasteiger partial charge in [0.25, 0.3) is 5.56 Å². The molecule has 0 N–H and O–H groups in total. The van der Waals surface area contributed by atoms with Gasteiger partial charge in [-0.25, -0.2) is 4.98 Å². The Morgan fingerprint density at radius 1 is 1.04 bits per heavy atom. The molecule has 2 heterocycles. The van der Waals surface area contributed by atoms with Crippen LogP contribution < -0.4 is 5.56 Å². The molecule has 0 radical (unpaired) electrons. The maximum Gasteiger partial charge on any atom is 0.266 e. The number of para-hydroxylation sites is 2. The second kappa shape index (κ2) is 7.04. The van der Waals surface area contributed by atoms with Gasteiger partial charge in [-0.15, -0.1) is 0 Å². The summed E-state index contributed by atoms with van der Waals surface area (Å²) in [4.78, 5) is 18.1. The van der Waals surface area contributed by atoms with Gasteiger partial charge >= 0.3 is 0 Å². The standard InChI is InChI=1S/C21H19N3O2S/c1-13-7-6-8-14(2)19(13)24-20(25)17-9-4-5-10-18(17)22-21(24)27-12-16-11-15(3)23-26-16/h4-11H,12H2,1-3H3. The molecule has 0 unspecified atom stereocenters. The van der Waals surface area contributed by atoms with Crippen molar-refractivity contribution in [1.82, 2.24) is 14.7 Å². The number of rotatable bonds is 4. The van der Waals surface area contributed by atoms with Crippen LogP contribution in [-0.4, -0.2) is 14.7 Å². The summed E-state index contributed by atoms with van der Waals surface area (Å²) < 4.78 is 7.03. The molecule has 2 aromatic carbocycles. The van der Waals surface area contributed by atoms with Crippen molar-refractivity contribution in [3.05, 3.63) is 81.5 Å². The summed E-state index contributed by atoms with van der Waals surface area (Å²) in [7, 11) is 0. The average molecular weight is 377 g/mol. The number of fused-ring (bicyclic) bond motifs is 1. The molecule has 136 valence electrons. The predicted molar refractivity (Wildman–Crippen MR) is 108 cm³/mol. The molecule has 27 heavy (non-hydrogen) atoms. The van der Waals surface area contributed by atoms with Gasteiger partial charge in [0, 0.05) is 6.07 Å². The van der Waals surface area contributed by atoms with Crippen molar-refractivity contribution in [3.63, 3.8) is 0 Å². The van der Waals surface area contributed by atoms with Crippen LogP contribution in [-0.2, 0) is 5.75 Å². The first-order valence-corrected chi connectivity index (χ1v) is 9.66. The Labute approximate surface area is 161 Å². The summed E-state index contributed by atoms with van der Waals surface area (Å²) >= 11 is 1.47. The number of nitrogens with zero attached hydrogens (tertiary/aromatic N) is 3. The largest absolute Gasteiger partial charge is 0.360 e. The first kappa shape index (κ1) is 17.5. The third kappa shape index (κ3) is 3.28. The Morgan fingerprint density at radius 2 is 1.78 bits per heavy atom. The van der Waals surface area contributed by atoms with Crippen molar-refractivity contribution in [2.24, 2.45) is 0 Å². The van der Waals surface area contributed by atoms with Crippen LogP contribution in [0.2, 0.25) is 0 Å². The molecule has 0 aliphatic carbocycles. The lowest BCUT2D eigenvalue weighted by molar-refractivity contribution is 0.391. The second-order valence-electron chi connectivity index (χ2n) is 6.52. The van der Waals surface area contributed by atoms with Crippen LogP contribution in [0, 0.1) is 20.8 Å². The summed E-state index contributed by atoms with van der Waals surface area (Å²) in [6.45, 7) is 5.91. The lowest BCUT2D eigenvalue weighted by Crippen LogP contribution is -2.23. The van der Waals surface area contributed by atoms with Crippen LogP contribution in [0.3, 0.4) is 0 Å². The zero-order valence-corrected chi connectivity index (χ0v) is 16.2. The minimum atomic E-state index is -0.0609. The van der Waals surface area contributed by atoms with Gasteiger partial charge in [0.2, 0.25) is 0 Å². The van der Waals surface area contributed by atoms with Gasteiger partial charge in [0.05, 0.1) is 28.0 Å². The van der Waals surface area contributed by atoms with E-state index in [1.807, 2.05) is 69.3 Å². The summed E-state index contributed by atoms with van der Waals surface area (Å²) in [6, 6.07) is 15.4. The molecule has 2 aromatic heterocycles. The lowest BCUT2D eigenvalue weighted by atomic mass is 10.1. The van der Waals surface area contributed by atoms with E-state index in [4.69, 9.17) is 9.51 Å². The van der Waals surface area contributed by atoms with Crippen molar-refractivity contribution in [3.8, 4) is 5.69 Å². The minimum Gasteiger partial charge on any atom is -0.360 e. The first-order valence-electron chi connectivity index (χ1n) is 8.68. The fraction of sp³-hybridized carbons (Fsp3) is 0.190. The molecule has 4 rings (SSSR count). The van der Waals surface area contributed by atoms with E-state index in [0.29, 0.717) is 21.8 Å². The minimum absolute atomic E-state index is 0.0609. The molecule has 4 aromatic rings. The van der Waals surface area contributed by atoms with Gasteiger partial charge in [-0.05, 0) is 44.0 Å². The zero-order chi connectivity index (χ0) is 19.0. The van der Waals surface area contributed by atoms with E-state index in [-0.39, 0.29) is 5.56 Å². The van der Waals surface area contributed by atoms with Crippen molar-refractivity contribution in [1.29, 1.82) is 0 Å². The quantitative estimate of drug-likeness (QED) is 0.384. The Kier molecular flexibility index (Phi) is 4.58. The monoisotopic (exact) mass is 377 g/mol. The van der Waals surface area contributed by atoms with Gasteiger partial charge in [0.1, 0.15) is 5.76 Å². The van der Waals surface area contributed by atoms with E-state index in [1.165, 1.54) is 11.8 Å².